The Morgan fingerprint density at radius 3 is 2.46 bits per heavy atom. The Balaban J connectivity index is 1.29. The Hall–Kier alpha value is -1.55. The minimum Gasteiger partial charge on any atom is -0.342 e. The average Bonchev–Trinajstić information content (AvgIpc) is 3.02. The summed E-state index contributed by atoms with van der Waals surface area (Å²) in [5.41, 5.74) is 2.56. The Morgan fingerprint density at radius 2 is 1.73 bits per heavy atom. The zero-order chi connectivity index (χ0) is 18.1. The first kappa shape index (κ1) is 17.8. The highest BCUT2D eigenvalue weighted by Gasteiger charge is 2.48. The van der Waals surface area contributed by atoms with Crippen molar-refractivity contribution in [2.45, 2.75) is 19.4 Å². The molecule has 2 fully saturated rings. The molecule has 4 rings (SSSR count). The molecule has 0 unspecified atom stereocenters. The van der Waals surface area contributed by atoms with Crippen molar-refractivity contribution in [2.24, 2.45) is 5.41 Å². The molecule has 0 aromatic heterocycles. The summed E-state index contributed by atoms with van der Waals surface area (Å²) in [5.74, 6) is 0.220. The molecular weight excluding hydrogens is 367 g/mol. The van der Waals surface area contributed by atoms with Gasteiger partial charge in [0.15, 0.2) is 0 Å². The Labute approximate surface area is 164 Å². The third kappa shape index (κ3) is 3.90. The number of hydrogen-bond acceptors (Lipinski definition) is 2. The molecule has 2 aromatic carbocycles. The quantitative estimate of drug-likeness (QED) is 0.780. The minimum atomic E-state index is 0.220. The number of likely N-dealkylation sites (tertiary alicyclic amines) is 2. The maximum atomic E-state index is 12.6. The summed E-state index contributed by atoms with van der Waals surface area (Å²) in [6.07, 6.45) is 1.56. The molecule has 0 aliphatic carbocycles. The van der Waals surface area contributed by atoms with E-state index >= 15 is 0 Å². The summed E-state index contributed by atoms with van der Waals surface area (Å²) in [6.45, 7) is 4.80. The van der Waals surface area contributed by atoms with Crippen molar-refractivity contribution in [1.29, 1.82) is 0 Å². The van der Waals surface area contributed by atoms with Gasteiger partial charge in [0.1, 0.15) is 0 Å². The van der Waals surface area contributed by atoms with Crippen molar-refractivity contribution in [3.63, 3.8) is 0 Å². The molecule has 2 aliphatic heterocycles. The highest BCUT2D eigenvalue weighted by Crippen LogP contribution is 2.40. The Kier molecular flexibility index (Phi) is 4.96. The number of halogens is 2. The first-order valence-corrected chi connectivity index (χ1v) is 9.76. The number of amides is 1. The summed E-state index contributed by atoms with van der Waals surface area (Å²) in [7, 11) is 0. The lowest BCUT2D eigenvalue weighted by molar-refractivity contribution is -0.130. The third-order valence-electron chi connectivity index (χ3n) is 5.47. The van der Waals surface area contributed by atoms with E-state index in [0.29, 0.717) is 11.4 Å². The van der Waals surface area contributed by atoms with Crippen molar-refractivity contribution < 1.29 is 4.79 Å². The van der Waals surface area contributed by atoms with Crippen LogP contribution >= 0.6 is 23.2 Å². The Bertz CT molecular complexity index is 800. The summed E-state index contributed by atoms with van der Waals surface area (Å²) >= 11 is 12.0. The van der Waals surface area contributed by atoms with Crippen molar-refractivity contribution in [1.82, 2.24) is 9.80 Å². The molecule has 136 valence electrons. The van der Waals surface area contributed by atoms with E-state index in [1.807, 2.05) is 47.4 Å². The zero-order valence-corrected chi connectivity index (χ0v) is 16.1. The van der Waals surface area contributed by atoms with Crippen molar-refractivity contribution >= 4 is 29.1 Å². The third-order valence-corrected chi connectivity index (χ3v) is 5.96. The van der Waals surface area contributed by atoms with Crippen molar-refractivity contribution in [3.05, 3.63) is 69.7 Å². The second-order valence-corrected chi connectivity index (χ2v) is 8.52. The van der Waals surface area contributed by atoms with Gasteiger partial charge in [-0.15, -0.1) is 0 Å². The summed E-state index contributed by atoms with van der Waals surface area (Å²) < 4.78 is 0. The molecule has 1 amide bonds. The molecule has 5 heteroatoms. The summed E-state index contributed by atoms with van der Waals surface area (Å²) in [6, 6.07) is 15.6. The summed E-state index contributed by atoms with van der Waals surface area (Å²) in [4.78, 5) is 17.1. The predicted molar refractivity (Wildman–Crippen MR) is 106 cm³/mol. The number of carbonyl (C=O) groups excluding carboxylic acids is 1. The van der Waals surface area contributed by atoms with Crippen LogP contribution in [0.15, 0.2) is 48.5 Å². The maximum absolute atomic E-state index is 12.6. The molecule has 1 spiro atoms. The molecule has 0 atom stereocenters. The zero-order valence-electron chi connectivity index (χ0n) is 14.6. The van der Waals surface area contributed by atoms with Crippen LogP contribution in [0.4, 0.5) is 0 Å². The summed E-state index contributed by atoms with van der Waals surface area (Å²) in [5, 5.41) is 1.49. The van der Waals surface area contributed by atoms with Crippen molar-refractivity contribution in [2.75, 3.05) is 26.2 Å². The number of benzene rings is 2. The van der Waals surface area contributed by atoms with Gasteiger partial charge in [-0.25, -0.2) is 0 Å². The SMILES string of the molecule is O=C(Cc1ccc(Cl)cc1)N1CCC2(CN(Cc3cccc(Cl)c3)C2)C1. The molecule has 0 bridgehead atoms. The van der Waals surface area contributed by atoms with Crippen LogP contribution in [0.25, 0.3) is 0 Å². The van der Waals surface area contributed by atoms with Crippen LogP contribution < -0.4 is 0 Å². The second kappa shape index (κ2) is 7.22. The van der Waals surface area contributed by atoms with E-state index in [-0.39, 0.29) is 11.3 Å². The lowest BCUT2D eigenvalue weighted by Crippen LogP contribution is -2.57. The highest BCUT2D eigenvalue weighted by atomic mass is 35.5. The number of nitrogens with zero attached hydrogens (tertiary/aromatic N) is 2. The van der Waals surface area contributed by atoms with Gasteiger partial charge in [-0.2, -0.15) is 0 Å². The smallest absolute Gasteiger partial charge is 0.227 e. The molecule has 0 N–H and O–H groups in total. The van der Waals surface area contributed by atoms with Crippen LogP contribution in [0, 0.1) is 5.41 Å². The van der Waals surface area contributed by atoms with Gasteiger partial charge in [0, 0.05) is 48.2 Å². The highest BCUT2D eigenvalue weighted by molar-refractivity contribution is 6.30. The maximum Gasteiger partial charge on any atom is 0.227 e. The predicted octanol–water partition coefficient (Wildman–Crippen LogP) is 4.27. The first-order chi connectivity index (χ1) is 12.5. The second-order valence-electron chi connectivity index (χ2n) is 7.64. The number of rotatable bonds is 4. The lowest BCUT2D eigenvalue weighted by atomic mass is 9.79. The van der Waals surface area contributed by atoms with Crippen LogP contribution in [-0.4, -0.2) is 41.9 Å². The average molecular weight is 389 g/mol. The van der Waals surface area contributed by atoms with Gasteiger partial charge in [0.2, 0.25) is 5.91 Å². The molecule has 2 heterocycles. The van der Waals surface area contributed by atoms with Crippen LogP contribution in [-0.2, 0) is 17.8 Å². The molecule has 2 aromatic rings. The largest absolute Gasteiger partial charge is 0.342 e. The van der Waals surface area contributed by atoms with Crippen LogP contribution in [0.2, 0.25) is 10.0 Å². The van der Waals surface area contributed by atoms with Crippen LogP contribution in [0.3, 0.4) is 0 Å². The Morgan fingerprint density at radius 1 is 0.962 bits per heavy atom. The van der Waals surface area contributed by atoms with Gasteiger partial charge >= 0.3 is 0 Å². The topological polar surface area (TPSA) is 23.6 Å². The number of carbonyl (C=O) groups is 1. The van der Waals surface area contributed by atoms with Gasteiger partial charge in [-0.3, -0.25) is 9.69 Å². The van der Waals surface area contributed by atoms with E-state index in [1.54, 1.807) is 0 Å². The molecule has 0 radical (unpaired) electrons. The first-order valence-electron chi connectivity index (χ1n) is 9.00. The van der Waals surface area contributed by atoms with E-state index in [2.05, 4.69) is 11.0 Å². The fourth-order valence-corrected chi connectivity index (χ4v) is 4.54. The fourth-order valence-electron chi connectivity index (χ4n) is 4.20. The van der Waals surface area contributed by atoms with E-state index in [9.17, 15) is 4.79 Å². The monoisotopic (exact) mass is 388 g/mol. The molecule has 2 aliphatic rings. The van der Waals surface area contributed by atoms with E-state index in [4.69, 9.17) is 23.2 Å². The van der Waals surface area contributed by atoms with Crippen LogP contribution in [0.5, 0.6) is 0 Å². The fraction of sp³-hybridized carbons (Fsp3) is 0.381. The van der Waals surface area contributed by atoms with E-state index < -0.39 is 0 Å². The van der Waals surface area contributed by atoms with Gasteiger partial charge in [0.05, 0.1) is 6.42 Å². The van der Waals surface area contributed by atoms with Crippen molar-refractivity contribution in [3.8, 4) is 0 Å². The molecule has 26 heavy (non-hydrogen) atoms. The molecule has 3 nitrogen and oxygen atoms in total. The standard InChI is InChI=1S/C21H22Cl2N2O/c22-18-6-4-16(5-7-18)11-20(26)25-9-8-21(15-25)13-24(14-21)12-17-2-1-3-19(23)10-17/h1-7,10H,8-9,11-15H2. The molecule has 0 saturated carbocycles. The van der Waals surface area contributed by atoms with Gasteiger partial charge in [-0.1, -0.05) is 47.5 Å². The lowest BCUT2D eigenvalue weighted by Gasteiger charge is -2.48. The van der Waals surface area contributed by atoms with Gasteiger partial charge in [-0.05, 0) is 41.8 Å². The van der Waals surface area contributed by atoms with Gasteiger partial charge < -0.3 is 4.90 Å². The van der Waals surface area contributed by atoms with E-state index in [0.717, 1.165) is 49.7 Å². The molecular formula is C21H22Cl2N2O. The van der Waals surface area contributed by atoms with E-state index in [1.165, 1.54) is 5.56 Å². The minimum absolute atomic E-state index is 0.220. The molecule has 2 saturated heterocycles. The number of hydrogen-bond donors (Lipinski definition) is 0. The van der Waals surface area contributed by atoms with Gasteiger partial charge in [0.25, 0.3) is 0 Å². The van der Waals surface area contributed by atoms with Crippen LogP contribution in [0.1, 0.15) is 17.5 Å². The normalized spacial score (nSPS) is 18.9.